The molecule has 1 aromatic rings. The Morgan fingerprint density at radius 3 is 2.74 bits per heavy atom. The third-order valence-electron chi connectivity index (χ3n) is 4.87. The number of nitrogens with zero attached hydrogens (tertiary/aromatic N) is 4. The molecule has 0 aliphatic carbocycles. The van der Waals surface area contributed by atoms with Crippen LogP contribution in [0.15, 0.2) is 6.20 Å². The minimum atomic E-state index is -0.123. The van der Waals surface area contributed by atoms with Crippen molar-refractivity contribution < 1.29 is 9.53 Å². The fourth-order valence-electron chi connectivity index (χ4n) is 3.45. The molecule has 23 heavy (non-hydrogen) atoms. The van der Waals surface area contributed by atoms with E-state index in [0.717, 1.165) is 25.2 Å². The lowest BCUT2D eigenvalue weighted by Crippen LogP contribution is -2.60. The Labute approximate surface area is 138 Å². The molecule has 0 spiro atoms. The number of likely N-dealkylation sites (tertiary alicyclic amines) is 1. The van der Waals surface area contributed by atoms with Gasteiger partial charge in [-0.1, -0.05) is 0 Å². The number of carbonyl (C=O) groups is 1. The molecule has 0 aromatic carbocycles. The van der Waals surface area contributed by atoms with Crippen molar-refractivity contribution in [1.82, 2.24) is 19.6 Å². The van der Waals surface area contributed by atoms with Crippen molar-refractivity contribution in [1.29, 1.82) is 0 Å². The number of piperidine rings is 1. The van der Waals surface area contributed by atoms with E-state index in [1.807, 2.05) is 22.7 Å². The zero-order chi connectivity index (χ0) is 16.8. The number of rotatable bonds is 1. The molecular weight excluding hydrogens is 292 g/mol. The first-order valence-corrected chi connectivity index (χ1v) is 8.45. The normalized spacial score (nSPS) is 26.2. The molecular formula is C17H28N4O2. The Kier molecular flexibility index (Phi) is 4.23. The fourth-order valence-corrected chi connectivity index (χ4v) is 3.45. The van der Waals surface area contributed by atoms with Gasteiger partial charge in [0.1, 0.15) is 0 Å². The number of amides is 1. The Hall–Kier alpha value is -1.40. The van der Waals surface area contributed by atoms with Crippen molar-refractivity contribution >= 4 is 5.91 Å². The SMILES string of the molecule is Cc1nn(C(C)(C)C)cc1C(=O)N1CCOC2CCN(C)CC21. The molecule has 2 atom stereocenters. The quantitative estimate of drug-likeness (QED) is 0.787. The molecule has 2 fully saturated rings. The van der Waals surface area contributed by atoms with Crippen molar-refractivity contribution in [3.8, 4) is 0 Å². The Balaban J connectivity index is 1.86. The van der Waals surface area contributed by atoms with Crippen LogP contribution in [0.4, 0.5) is 0 Å². The minimum Gasteiger partial charge on any atom is -0.374 e. The number of ether oxygens (including phenoxy) is 1. The van der Waals surface area contributed by atoms with E-state index < -0.39 is 0 Å². The van der Waals surface area contributed by atoms with Crippen LogP contribution in [0.1, 0.15) is 43.2 Å². The maximum Gasteiger partial charge on any atom is 0.257 e. The van der Waals surface area contributed by atoms with Crippen LogP contribution in [0.2, 0.25) is 0 Å². The van der Waals surface area contributed by atoms with Crippen LogP contribution in [-0.4, -0.2) is 70.9 Å². The molecule has 0 saturated carbocycles. The smallest absolute Gasteiger partial charge is 0.257 e. The second-order valence-electron chi connectivity index (χ2n) is 7.77. The van der Waals surface area contributed by atoms with Crippen LogP contribution in [0.25, 0.3) is 0 Å². The highest BCUT2D eigenvalue weighted by molar-refractivity contribution is 5.95. The van der Waals surface area contributed by atoms with Gasteiger partial charge in [-0.05, 0) is 41.2 Å². The second kappa shape index (κ2) is 5.91. The van der Waals surface area contributed by atoms with Crippen molar-refractivity contribution in [3.63, 3.8) is 0 Å². The number of aryl methyl sites for hydroxylation is 1. The predicted octanol–water partition coefficient (Wildman–Crippen LogP) is 1.49. The van der Waals surface area contributed by atoms with Crippen molar-refractivity contribution in [3.05, 3.63) is 17.5 Å². The van der Waals surface area contributed by atoms with Gasteiger partial charge in [-0.25, -0.2) is 0 Å². The van der Waals surface area contributed by atoms with E-state index in [1.165, 1.54) is 0 Å². The van der Waals surface area contributed by atoms with Crippen LogP contribution >= 0.6 is 0 Å². The van der Waals surface area contributed by atoms with E-state index in [1.54, 1.807) is 0 Å². The van der Waals surface area contributed by atoms with E-state index in [2.05, 4.69) is 37.8 Å². The minimum absolute atomic E-state index is 0.0894. The molecule has 2 aliphatic rings. The number of fused-ring (bicyclic) bond motifs is 1. The summed E-state index contributed by atoms with van der Waals surface area (Å²) in [7, 11) is 2.11. The molecule has 3 heterocycles. The third-order valence-corrected chi connectivity index (χ3v) is 4.87. The average Bonchev–Trinajstić information content (AvgIpc) is 2.88. The molecule has 2 unspecified atom stereocenters. The molecule has 2 aliphatic heterocycles. The zero-order valence-electron chi connectivity index (χ0n) is 14.9. The molecule has 6 heteroatoms. The van der Waals surface area contributed by atoms with Gasteiger partial charge in [-0.15, -0.1) is 0 Å². The predicted molar refractivity (Wildman–Crippen MR) is 88.6 cm³/mol. The number of aromatic nitrogens is 2. The summed E-state index contributed by atoms with van der Waals surface area (Å²) in [5, 5.41) is 4.54. The molecule has 0 radical (unpaired) electrons. The Bertz CT molecular complexity index is 590. The summed E-state index contributed by atoms with van der Waals surface area (Å²) in [4.78, 5) is 17.4. The molecule has 0 bridgehead atoms. The molecule has 1 amide bonds. The van der Waals surface area contributed by atoms with Gasteiger partial charge in [-0.2, -0.15) is 5.10 Å². The van der Waals surface area contributed by atoms with E-state index >= 15 is 0 Å². The highest BCUT2D eigenvalue weighted by atomic mass is 16.5. The number of morpholine rings is 1. The van der Waals surface area contributed by atoms with E-state index in [0.29, 0.717) is 18.7 Å². The fraction of sp³-hybridized carbons (Fsp3) is 0.765. The summed E-state index contributed by atoms with van der Waals surface area (Å²) in [5.74, 6) is 0.0894. The lowest BCUT2D eigenvalue weighted by Gasteiger charge is -2.46. The monoisotopic (exact) mass is 320 g/mol. The van der Waals surface area contributed by atoms with Gasteiger partial charge in [0.15, 0.2) is 0 Å². The van der Waals surface area contributed by atoms with Crippen LogP contribution in [0, 0.1) is 6.92 Å². The number of likely N-dealkylation sites (N-methyl/N-ethyl adjacent to an activating group) is 1. The topological polar surface area (TPSA) is 50.6 Å². The molecule has 0 N–H and O–H groups in total. The highest BCUT2D eigenvalue weighted by Crippen LogP contribution is 2.25. The highest BCUT2D eigenvalue weighted by Gasteiger charge is 2.39. The van der Waals surface area contributed by atoms with Crippen molar-refractivity contribution in [2.75, 3.05) is 33.3 Å². The van der Waals surface area contributed by atoms with Crippen LogP contribution in [0.5, 0.6) is 0 Å². The first kappa shape index (κ1) is 16.5. The largest absolute Gasteiger partial charge is 0.374 e. The lowest BCUT2D eigenvalue weighted by atomic mass is 9.98. The average molecular weight is 320 g/mol. The van der Waals surface area contributed by atoms with Gasteiger partial charge in [0.2, 0.25) is 0 Å². The first-order valence-electron chi connectivity index (χ1n) is 8.45. The number of hydrogen-bond donors (Lipinski definition) is 0. The van der Waals surface area contributed by atoms with Gasteiger partial charge in [0.05, 0.1) is 35.5 Å². The van der Waals surface area contributed by atoms with Gasteiger partial charge in [0.25, 0.3) is 5.91 Å². The van der Waals surface area contributed by atoms with E-state index in [9.17, 15) is 4.79 Å². The van der Waals surface area contributed by atoms with E-state index in [-0.39, 0.29) is 23.6 Å². The molecule has 1 aromatic heterocycles. The van der Waals surface area contributed by atoms with Crippen molar-refractivity contribution in [2.45, 2.75) is 51.8 Å². The Morgan fingerprint density at radius 2 is 2.09 bits per heavy atom. The van der Waals surface area contributed by atoms with Crippen molar-refractivity contribution in [2.24, 2.45) is 0 Å². The van der Waals surface area contributed by atoms with Gasteiger partial charge >= 0.3 is 0 Å². The third kappa shape index (κ3) is 3.15. The molecule has 128 valence electrons. The maximum atomic E-state index is 13.1. The standard InChI is InChI=1S/C17H28N4O2/c1-12-13(10-21(18-12)17(2,3)4)16(22)20-8-9-23-15-6-7-19(5)11-14(15)20/h10,14-15H,6-9,11H2,1-5H3. The summed E-state index contributed by atoms with van der Waals surface area (Å²) in [6.45, 7) is 11.4. The summed E-state index contributed by atoms with van der Waals surface area (Å²) in [6.07, 6.45) is 3.06. The molecule has 6 nitrogen and oxygen atoms in total. The molecule has 2 saturated heterocycles. The Morgan fingerprint density at radius 1 is 1.35 bits per heavy atom. The summed E-state index contributed by atoms with van der Waals surface area (Å²) in [5.41, 5.74) is 1.40. The summed E-state index contributed by atoms with van der Waals surface area (Å²) < 4.78 is 7.78. The van der Waals surface area contributed by atoms with Gasteiger partial charge in [0, 0.05) is 25.8 Å². The number of carbonyl (C=O) groups excluding carboxylic acids is 1. The lowest BCUT2D eigenvalue weighted by molar-refractivity contribution is -0.0870. The van der Waals surface area contributed by atoms with Gasteiger partial charge in [-0.3, -0.25) is 9.48 Å². The maximum absolute atomic E-state index is 13.1. The van der Waals surface area contributed by atoms with E-state index in [4.69, 9.17) is 4.74 Å². The van der Waals surface area contributed by atoms with Crippen LogP contribution < -0.4 is 0 Å². The first-order chi connectivity index (χ1) is 10.8. The van der Waals surface area contributed by atoms with Gasteiger partial charge < -0.3 is 14.5 Å². The number of hydrogen-bond acceptors (Lipinski definition) is 4. The second-order valence-corrected chi connectivity index (χ2v) is 7.77. The molecule has 3 rings (SSSR count). The van der Waals surface area contributed by atoms with Crippen LogP contribution in [0.3, 0.4) is 0 Å². The summed E-state index contributed by atoms with van der Waals surface area (Å²) >= 11 is 0. The summed E-state index contributed by atoms with van der Waals surface area (Å²) in [6, 6.07) is 0.146. The zero-order valence-corrected chi connectivity index (χ0v) is 14.9. The van der Waals surface area contributed by atoms with Crippen LogP contribution in [-0.2, 0) is 10.3 Å².